The van der Waals surface area contributed by atoms with Crippen molar-refractivity contribution in [1.29, 1.82) is 0 Å². The molecule has 0 unspecified atom stereocenters. The van der Waals surface area contributed by atoms with Crippen molar-refractivity contribution in [2.24, 2.45) is 0 Å². The number of aliphatic hydroxyl groups is 1. The summed E-state index contributed by atoms with van der Waals surface area (Å²) < 4.78 is 2.15. The van der Waals surface area contributed by atoms with Crippen molar-refractivity contribution in [3.63, 3.8) is 0 Å². The van der Waals surface area contributed by atoms with Gasteiger partial charge in [-0.2, -0.15) is 0 Å². The summed E-state index contributed by atoms with van der Waals surface area (Å²) in [7, 11) is 0. The van der Waals surface area contributed by atoms with E-state index >= 15 is 0 Å². The molecule has 1 aliphatic heterocycles. The lowest BCUT2D eigenvalue weighted by Crippen LogP contribution is -2.55. The van der Waals surface area contributed by atoms with Crippen LogP contribution in [0.4, 0.5) is 0 Å². The topological polar surface area (TPSA) is 48.7 Å². The minimum atomic E-state index is -0.440. The first-order chi connectivity index (χ1) is 15.0. The lowest BCUT2D eigenvalue weighted by Gasteiger charge is -2.44. The van der Waals surface area contributed by atoms with E-state index in [1.165, 1.54) is 16.8 Å². The molecule has 2 heterocycles. The van der Waals surface area contributed by atoms with Crippen LogP contribution in [-0.2, 0) is 13.1 Å². The van der Waals surface area contributed by atoms with Gasteiger partial charge < -0.3 is 9.67 Å². The number of hydrogen-bond donors (Lipinski definition) is 1. The Balaban J connectivity index is 1.38. The summed E-state index contributed by atoms with van der Waals surface area (Å²) in [5, 5.41) is 9.01. The van der Waals surface area contributed by atoms with Crippen LogP contribution in [0.5, 0.6) is 0 Å². The van der Waals surface area contributed by atoms with Gasteiger partial charge in [-0.25, -0.2) is 0 Å². The molecule has 5 nitrogen and oxygen atoms in total. The minimum absolute atomic E-state index is 0.233. The van der Waals surface area contributed by atoms with Crippen molar-refractivity contribution in [3.05, 3.63) is 89.7 Å². The molecular weight excluding hydrogens is 386 g/mol. The molecule has 31 heavy (non-hydrogen) atoms. The fraction of sp³-hybridized carbons (Fsp3) is 0.346. The fourth-order valence-electron chi connectivity index (χ4n) is 4.59. The molecule has 1 fully saturated rings. The predicted molar refractivity (Wildman–Crippen MR) is 123 cm³/mol. The number of carbonyl (C=O) groups is 1. The number of rotatable bonds is 7. The Labute approximate surface area is 184 Å². The summed E-state index contributed by atoms with van der Waals surface area (Å²) in [5.74, 6) is -0.233. The lowest BCUT2D eigenvalue weighted by atomic mass is 10.0. The molecule has 4 rings (SSSR count). The zero-order valence-electron chi connectivity index (χ0n) is 18.3. The molecule has 162 valence electrons. The van der Waals surface area contributed by atoms with Crippen LogP contribution in [-0.4, -0.2) is 57.0 Å². The van der Waals surface area contributed by atoms with Crippen LogP contribution in [0.15, 0.2) is 73.1 Å². The van der Waals surface area contributed by atoms with Gasteiger partial charge in [-0.1, -0.05) is 36.4 Å². The van der Waals surface area contributed by atoms with E-state index in [0.29, 0.717) is 17.6 Å². The molecule has 0 spiro atoms. The molecule has 0 bridgehead atoms. The monoisotopic (exact) mass is 417 g/mol. The Bertz CT molecular complexity index is 986. The average molecular weight is 418 g/mol. The SMILES string of the molecule is C[C@@H]1CN(Cc2ccc(C(=O)CO)cc2)C[C@H](C)N1Cc1cccc(-n2cccc2)c1. The number of nitrogens with zero attached hydrogens (tertiary/aromatic N) is 3. The lowest BCUT2D eigenvalue weighted by molar-refractivity contribution is 0.0290. The Morgan fingerprint density at radius 2 is 1.58 bits per heavy atom. The number of benzene rings is 2. The summed E-state index contributed by atoms with van der Waals surface area (Å²) in [5.41, 5.74) is 4.30. The van der Waals surface area contributed by atoms with Gasteiger partial charge >= 0.3 is 0 Å². The molecule has 0 aliphatic carbocycles. The van der Waals surface area contributed by atoms with Crippen molar-refractivity contribution < 1.29 is 9.90 Å². The molecule has 2 aromatic carbocycles. The molecular formula is C26H31N3O2. The van der Waals surface area contributed by atoms with E-state index in [-0.39, 0.29) is 5.78 Å². The smallest absolute Gasteiger partial charge is 0.188 e. The third-order valence-corrected chi connectivity index (χ3v) is 6.18. The van der Waals surface area contributed by atoms with E-state index < -0.39 is 6.61 Å². The Kier molecular flexibility index (Phi) is 6.66. The maximum absolute atomic E-state index is 11.6. The number of ketones is 1. The fourth-order valence-corrected chi connectivity index (χ4v) is 4.59. The van der Waals surface area contributed by atoms with Crippen LogP contribution in [0.2, 0.25) is 0 Å². The zero-order chi connectivity index (χ0) is 21.8. The van der Waals surface area contributed by atoms with E-state index in [0.717, 1.165) is 26.2 Å². The number of aromatic nitrogens is 1. The van der Waals surface area contributed by atoms with Crippen molar-refractivity contribution in [2.45, 2.75) is 39.0 Å². The molecule has 1 aromatic heterocycles. The molecule has 1 aliphatic rings. The van der Waals surface area contributed by atoms with Crippen molar-refractivity contribution in [3.8, 4) is 5.69 Å². The first kappa shape index (κ1) is 21.5. The van der Waals surface area contributed by atoms with Crippen molar-refractivity contribution >= 4 is 5.78 Å². The largest absolute Gasteiger partial charge is 0.388 e. The van der Waals surface area contributed by atoms with Gasteiger partial charge in [-0.05, 0) is 49.2 Å². The van der Waals surface area contributed by atoms with E-state index in [9.17, 15) is 4.79 Å². The summed E-state index contributed by atoms with van der Waals surface area (Å²) in [6, 6.07) is 21.4. The molecule has 0 amide bonds. The Hall–Kier alpha value is -2.73. The normalized spacial score (nSPS) is 20.1. The zero-order valence-corrected chi connectivity index (χ0v) is 18.3. The number of carbonyl (C=O) groups excluding carboxylic acids is 1. The van der Waals surface area contributed by atoms with E-state index in [1.54, 1.807) is 0 Å². The molecule has 1 N–H and O–H groups in total. The predicted octanol–water partition coefficient (Wildman–Crippen LogP) is 3.75. The highest BCUT2D eigenvalue weighted by molar-refractivity contribution is 5.96. The van der Waals surface area contributed by atoms with E-state index in [1.807, 2.05) is 36.4 Å². The molecule has 5 heteroatoms. The summed E-state index contributed by atoms with van der Waals surface area (Å²) >= 11 is 0. The van der Waals surface area contributed by atoms with Gasteiger partial charge in [0.25, 0.3) is 0 Å². The van der Waals surface area contributed by atoms with Gasteiger partial charge in [0, 0.05) is 61.9 Å². The third-order valence-electron chi connectivity index (χ3n) is 6.18. The van der Waals surface area contributed by atoms with Crippen LogP contribution in [0.1, 0.15) is 35.3 Å². The summed E-state index contributed by atoms with van der Waals surface area (Å²) in [6.45, 7) is 8.02. The van der Waals surface area contributed by atoms with Crippen molar-refractivity contribution in [2.75, 3.05) is 19.7 Å². The minimum Gasteiger partial charge on any atom is -0.388 e. The van der Waals surface area contributed by atoms with Gasteiger partial charge in [0.15, 0.2) is 5.78 Å². The van der Waals surface area contributed by atoms with Crippen LogP contribution in [0.25, 0.3) is 5.69 Å². The Morgan fingerprint density at radius 3 is 2.23 bits per heavy atom. The number of piperazine rings is 1. The first-order valence-electron chi connectivity index (χ1n) is 11.0. The summed E-state index contributed by atoms with van der Waals surface area (Å²) in [6.07, 6.45) is 4.16. The van der Waals surface area contributed by atoms with Gasteiger partial charge in [0.2, 0.25) is 0 Å². The second kappa shape index (κ2) is 9.60. The average Bonchev–Trinajstić information content (AvgIpc) is 3.32. The summed E-state index contributed by atoms with van der Waals surface area (Å²) in [4.78, 5) is 16.7. The second-order valence-electron chi connectivity index (χ2n) is 8.60. The molecule has 3 aromatic rings. The number of hydrogen-bond acceptors (Lipinski definition) is 4. The van der Waals surface area contributed by atoms with Gasteiger partial charge in [0.1, 0.15) is 6.61 Å². The quantitative estimate of drug-likeness (QED) is 0.595. The van der Waals surface area contributed by atoms with E-state index in [2.05, 4.69) is 64.9 Å². The highest BCUT2D eigenvalue weighted by Gasteiger charge is 2.29. The van der Waals surface area contributed by atoms with Crippen LogP contribution >= 0.6 is 0 Å². The van der Waals surface area contributed by atoms with Crippen molar-refractivity contribution in [1.82, 2.24) is 14.4 Å². The first-order valence-corrected chi connectivity index (χ1v) is 11.0. The number of aliphatic hydroxyl groups excluding tert-OH is 1. The molecule has 2 atom stereocenters. The highest BCUT2D eigenvalue weighted by atomic mass is 16.3. The standard InChI is InChI=1S/C26H31N3O2/c1-20-15-27(17-22-8-10-24(11-9-22)26(31)19-30)16-21(2)29(20)18-23-6-5-7-25(14-23)28-12-3-4-13-28/h3-14,20-21,30H,15-19H2,1-2H3/t20-,21+. The van der Waals surface area contributed by atoms with Crippen LogP contribution in [0.3, 0.4) is 0 Å². The van der Waals surface area contributed by atoms with Gasteiger partial charge in [-0.3, -0.25) is 14.6 Å². The second-order valence-corrected chi connectivity index (χ2v) is 8.60. The molecule has 0 radical (unpaired) electrons. The number of Topliss-reactive ketones (excluding diaryl/α,β-unsaturated/α-hetero) is 1. The third kappa shape index (κ3) is 5.13. The molecule has 0 saturated carbocycles. The van der Waals surface area contributed by atoms with Gasteiger partial charge in [0.05, 0.1) is 0 Å². The van der Waals surface area contributed by atoms with Crippen LogP contribution in [0, 0.1) is 0 Å². The highest BCUT2D eigenvalue weighted by Crippen LogP contribution is 2.22. The maximum atomic E-state index is 11.6. The maximum Gasteiger partial charge on any atom is 0.188 e. The van der Waals surface area contributed by atoms with E-state index in [4.69, 9.17) is 5.11 Å². The van der Waals surface area contributed by atoms with Crippen LogP contribution < -0.4 is 0 Å². The van der Waals surface area contributed by atoms with Gasteiger partial charge in [-0.15, -0.1) is 0 Å². The molecule has 1 saturated heterocycles. The Morgan fingerprint density at radius 1 is 0.903 bits per heavy atom.